The third-order valence-corrected chi connectivity index (χ3v) is 4.18. The van der Waals surface area contributed by atoms with E-state index in [1.54, 1.807) is 21.3 Å². The first-order chi connectivity index (χ1) is 10.8. The summed E-state index contributed by atoms with van der Waals surface area (Å²) in [5.74, 6) is 0. The van der Waals surface area contributed by atoms with E-state index in [1.807, 2.05) is 12.1 Å². The van der Waals surface area contributed by atoms with E-state index in [2.05, 4.69) is 60.4 Å². The Labute approximate surface area is 135 Å². The van der Waals surface area contributed by atoms with Gasteiger partial charge < -0.3 is 18.2 Å². The largest absolute Gasteiger partial charge is 0.483 e. The predicted molar refractivity (Wildman–Crippen MR) is 93.7 cm³/mol. The maximum atomic E-state index is 4.74. The van der Waals surface area contributed by atoms with E-state index in [4.69, 9.17) is 13.3 Å². The lowest BCUT2D eigenvalue weighted by molar-refractivity contribution is 0.163. The highest BCUT2D eigenvalue weighted by atomic mass is 28.3. The van der Waals surface area contributed by atoms with Crippen molar-refractivity contribution in [2.75, 3.05) is 32.8 Å². The Kier molecular flexibility index (Phi) is 9.17. The molecule has 0 heterocycles. The first kappa shape index (κ1) is 18.4. The van der Waals surface area contributed by atoms with Crippen molar-refractivity contribution in [3.05, 3.63) is 60.7 Å². The van der Waals surface area contributed by atoms with Crippen LogP contribution in [0.4, 0.5) is 11.4 Å². The summed E-state index contributed by atoms with van der Waals surface area (Å²) in [7, 11) is 3.05. The lowest BCUT2D eigenvalue weighted by Gasteiger charge is -2.23. The fourth-order valence-corrected chi connectivity index (χ4v) is 2.60. The van der Waals surface area contributed by atoms with Crippen molar-refractivity contribution in [1.29, 1.82) is 0 Å². The molecule has 2 aromatic rings. The fourth-order valence-electron chi connectivity index (χ4n) is 2.02. The summed E-state index contributed by atoms with van der Waals surface area (Å²) < 4.78 is 14.2. The maximum Gasteiger partial charge on any atom is 0.483 e. The zero-order valence-corrected chi connectivity index (χ0v) is 14.9. The molecule has 4 nitrogen and oxygen atoms in total. The SMILES string of the molecule is CCN(c1ccccc1)c1ccccc1.CO[SiH](OC)OC. The van der Waals surface area contributed by atoms with E-state index in [0.29, 0.717) is 0 Å². The van der Waals surface area contributed by atoms with Gasteiger partial charge in [-0.2, -0.15) is 0 Å². The molecule has 0 aliphatic rings. The molecule has 0 saturated heterocycles. The first-order valence-corrected chi connectivity index (χ1v) is 8.64. The van der Waals surface area contributed by atoms with Crippen molar-refractivity contribution in [1.82, 2.24) is 0 Å². The quantitative estimate of drug-likeness (QED) is 0.763. The molecule has 120 valence electrons. The topological polar surface area (TPSA) is 30.9 Å². The molecule has 2 aromatic carbocycles. The third-order valence-electron chi connectivity index (χ3n) is 3.03. The molecule has 0 fully saturated rings. The fraction of sp³-hybridized carbons (Fsp3) is 0.294. The maximum absolute atomic E-state index is 4.74. The minimum absolute atomic E-state index is 0.980. The molecule has 0 atom stereocenters. The molecule has 0 aliphatic carbocycles. The number of benzene rings is 2. The molecule has 5 heteroatoms. The normalized spacial score (nSPS) is 10.0. The Morgan fingerprint density at radius 1 is 0.727 bits per heavy atom. The van der Waals surface area contributed by atoms with Crippen molar-refractivity contribution in [2.24, 2.45) is 0 Å². The number of rotatable bonds is 6. The second kappa shape index (κ2) is 11.0. The number of hydrogen-bond donors (Lipinski definition) is 0. The Morgan fingerprint density at radius 2 is 1.09 bits per heavy atom. The van der Waals surface area contributed by atoms with E-state index in [9.17, 15) is 0 Å². The summed E-state index contributed by atoms with van der Waals surface area (Å²) in [6.45, 7) is 3.15. The van der Waals surface area contributed by atoms with E-state index in [-0.39, 0.29) is 0 Å². The summed E-state index contributed by atoms with van der Waals surface area (Å²) in [5, 5.41) is 0. The smallest absolute Gasteiger partial charge is 0.379 e. The third kappa shape index (κ3) is 5.99. The Balaban J connectivity index is 0.000000295. The Hall–Kier alpha value is -1.66. The highest BCUT2D eigenvalue weighted by Gasteiger charge is 2.05. The molecule has 0 aromatic heterocycles. The zero-order valence-electron chi connectivity index (χ0n) is 13.7. The van der Waals surface area contributed by atoms with Gasteiger partial charge in [-0.05, 0) is 31.2 Å². The van der Waals surface area contributed by atoms with Crippen LogP contribution in [-0.2, 0) is 13.3 Å². The van der Waals surface area contributed by atoms with Crippen LogP contribution in [0.25, 0.3) is 0 Å². The average Bonchev–Trinajstić information content (AvgIpc) is 2.60. The monoisotopic (exact) mass is 319 g/mol. The lowest BCUT2D eigenvalue weighted by Crippen LogP contribution is -2.21. The van der Waals surface area contributed by atoms with Crippen LogP contribution >= 0.6 is 0 Å². The van der Waals surface area contributed by atoms with Crippen LogP contribution in [0.15, 0.2) is 60.7 Å². The lowest BCUT2D eigenvalue weighted by atomic mass is 10.2. The van der Waals surface area contributed by atoms with Crippen LogP contribution in [0, 0.1) is 0 Å². The zero-order chi connectivity index (χ0) is 16.2. The van der Waals surface area contributed by atoms with Crippen LogP contribution in [-0.4, -0.2) is 37.4 Å². The molecule has 0 bridgehead atoms. The molecule has 0 unspecified atom stereocenters. The van der Waals surface area contributed by atoms with Crippen LogP contribution in [0.5, 0.6) is 0 Å². The molecule has 22 heavy (non-hydrogen) atoms. The van der Waals surface area contributed by atoms with Gasteiger partial charge in [0, 0.05) is 39.2 Å². The van der Waals surface area contributed by atoms with Gasteiger partial charge in [0.2, 0.25) is 0 Å². The van der Waals surface area contributed by atoms with Gasteiger partial charge >= 0.3 is 9.53 Å². The average molecular weight is 319 g/mol. The van der Waals surface area contributed by atoms with Crippen molar-refractivity contribution in [3.63, 3.8) is 0 Å². The van der Waals surface area contributed by atoms with Gasteiger partial charge in [0.05, 0.1) is 0 Å². The molecule has 0 N–H and O–H groups in total. The molecule has 2 rings (SSSR count). The predicted octanol–water partition coefficient (Wildman–Crippen LogP) is 3.49. The molecular formula is C17H25NO3Si. The summed E-state index contributed by atoms with van der Waals surface area (Å²) >= 11 is 0. The minimum Gasteiger partial charge on any atom is -0.379 e. The summed E-state index contributed by atoms with van der Waals surface area (Å²) in [4.78, 5) is 2.29. The van der Waals surface area contributed by atoms with Crippen LogP contribution in [0.2, 0.25) is 0 Å². The van der Waals surface area contributed by atoms with Gasteiger partial charge in [-0.1, -0.05) is 36.4 Å². The number of anilines is 2. The van der Waals surface area contributed by atoms with E-state index < -0.39 is 9.53 Å². The van der Waals surface area contributed by atoms with Crippen molar-refractivity contribution in [3.8, 4) is 0 Å². The molecule has 0 radical (unpaired) electrons. The highest BCUT2D eigenvalue weighted by molar-refractivity contribution is 6.36. The van der Waals surface area contributed by atoms with Crippen LogP contribution in [0.1, 0.15) is 6.92 Å². The molecule has 0 spiro atoms. The summed E-state index contributed by atoms with van der Waals surface area (Å²) in [5.41, 5.74) is 2.48. The van der Waals surface area contributed by atoms with Crippen molar-refractivity contribution < 1.29 is 13.3 Å². The van der Waals surface area contributed by atoms with Crippen LogP contribution in [0.3, 0.4) is 0 Å². The Bertz CT molecular complexity index is 447. The summed E-state index contributed by atoms with van der Waals surface area (Å²) in [6.07, 6.45) is 0. The van der Waals surface area contributed by atoms with Gasteiger partial charge in [0.25, 0.3) is 0 Å². The van der Waals surface area contributed by atoms with Gasteiger partial charge in [-0.25, -0.2) is 0 Å². The molecule has 0 amide bonds. The summed E-state index contributed by atoms with van der Waals surface area (Å²) in [6, 6.07) is 20.9. The van der Waals surface area contributed by atoms with Crippen LogP contribution < -0.4 is 4.90 Å². The van der Waals surface area contributed by atoms with E-state index in [1.165, 1.54) is 11.4 Å². The highest BCUT2D eigenvalue weighted by Crippen LogP contribution is 2.23. The second-order valence-corrected chi connectivity index (χ2v) is 6.40. The molecule has 0 aliphatic heterocycles. The second-order valence-electron chi connectivity index (χ2n) is 4.41. The number of para-hydroxylation sites is 2. The first-order valence-electron chi connectivity index (χ1n) is 7.22. The van der Waals surface area contributed by atoms with Gasteiger partial charge in [0.15, 0.2) is 0 Å². The van der Waals surface area contributed by atoms with Crippen molar-refractivity contribution >= 4 is 20.9 Å². The Morgan fingerprint density at radius 3 is 1.32 bits per heavy atom. The van der Waals surface area contributed by atoms with Gasteiger partial charge in [-0.3, -0.25) is 0 Å². The number of nitrogens with zero attached hydrogens (tertiary/aromatic N) is 1. The molecule has 0 saturated carbocycles. The number of hydrogen-bond acceptors (Lipinski definition) is 4. The van der Waals surface area contributed by atoms with E-state index >= 15 is 0 Å². The van der Waals surface area contributed by atoms with Gasteiger partial charge in [0.1, 0.15) is 0 Å². The molecular weight excluding hydrogens is 294 g/mol. The standard InChI is InChI=1S/C14H15N.C3H10O3Si/c1-2-15(13-9-5-3-6-10-13)14-11-7-4-8-12-14;1-4-7(5-2)6-3/h3-12H,2H2,1H3;7H,1-3H3. The van der Waals surface area contributed by atoms with Gasteiger partial charge in [-0.15, -0.1) is 0 Å². The van der Waals surface area contributed by atoms with E-state index in [0.717, 1.165) is 6.54 Å². The van der Waals surface area contributed by atoms with Crippen molar-refractivity contribution in [2.45, 2.75) is 6.92 Å². The minimum atomic E-state index is -1.67.